The minimum Gasteiger partial charge on any atom is -0.408 e. The molecule has 7 heteroatoms. The molecule has 0 aliphatic heterocycles. The Bertz CT molecular complexity index is 341. The molecule has 102 valence electrons. The van der Waals surface area contributed by atoms with Gasteiger partial charge >= 0.3 is 16.6 Å². The maximum Gasteiger partial charge on any atom is 0.334 e. The molecule has 0 amide bonds. The molecule has 0 aliphatic carbocycles. The normalized spacial score (nSPS) is 11.9. The molecule has 0 atom stereocenters. The number of esters is 2. The van der Waals surface area contributed by atoms with Crippen LogP contribution in [-0.2, 0) is 19.1 Å². The second kappa shape index (κ2) is 6.86. The van der Waals surface area contributed by atoms with Crippen molar-refractivity contribution in [1.82, 2.24) is 0 Å². The van der Waals surface area contributed by atoms with Crippen molar-refractivity contribution >= 4 is 59.7 Å². The van der Waals surface area contributed by atoms with Crippen LogP contribution >= 0.6 is 47.8 Å². The number of halogens is 3. The van der Waals surface area contributed by atoms with E-state index < -0.39 is 22.0 Å². The second-order valence-corrected chi connectivity index (χ2v) is 7.91. The van der Waals surface area contributed by atoms with E-state index >= 15 is 0 Å². The Morgan fingerprint density at radius 1 is 1.11 bits per heavy atom. The zero-order valence-corrected chi connectivity index (χ0v) is 14.7. The SMILES string of the molecule is C=CC(=O)OC(Br)(OC(=O)C=C)C(C)(C)C(Br)Br. The highest BCUT2D eigenvalue weighted by Gasteiger charge is 2.53. The Morgan fingerprint density at radius 2 is 1.44 bits per heavy atom. The van der Waals surface area contributed by atoms with Gasteiger partial charge in [-0.15, -0.1) is 0 Å². The molecule has 0 saturated carbocycles. The van der Waals surface area contributed by atoms with Crippen molar-refractivity contribution in [2.45, 2.75) is 22.3 Å². The molecule has 0 bridgehead atoms. The predicted molar refractivity (Wildman–Crippen MR) is 79.7 cm³/mol. The second-order valence-electron chi connectivity index (χ2n) is 3.81. The van der Waals surface area contributed by atoms with E-state index in [0.717, 1.165) is 12.2 Å². The third kappa shape index (κ3) is 4.20. The third-order valence-electron chi connectivity index (χ3n) is 2.11. The Hall–Kier alpha value is -0.140. The van der Waals surface area contributed by atoms with Gasteiger partial charge in [0.1, 0.15) is 0 Å². The number of hydrogen-bond acceptors (Lipinski definition) is 4. The van der Waals surface area contributed by atoms with Crippen molar-refractivity contribution in [3.8, 4) is 0 Å². The molecule has 4 nitrogen and oxygen atoms in total. The van der Waals surface area contributed by atoms with Gasteiger partial charge in [0.05, 0.1) is 9.15 Å². The Labute approximate surface area is 131 Å². The van der Waals surface area contributed by atoms with Gasteiger partial charge in [0.2, 0.25) is 0 Å². The number of rotatable bonds is 6. The van der Waals surface area contributed by atoms with Crippen molar-refractivity contribution in [2.24, 2.45) is 5.41 Å². The van der Waals surface area contributed by atoms with Gasteiger partial charge < -0.3 is 9.47 Å². The topological polar surface area (TPSA) is 52.6 Å². The molecule has 0 radical (unpaired) electrons. The third-order valence-corrected chi connectivity index (χ3v) is 5.75. The van der Waals surface area contributed by atoms with Crippen LogP contribution in [-0.4, -0.2) is 20.4 Å². The van der Waals surface area contributed by atoms with E-state index in [1.54, 1.807) is 13.8 Å². The number of carbonyl (C=O) groups excluding carboxylic acids is 2. The van der Waals surface area contributed by atoms with Crippen molar-refractivity contribution in [2.75, 3.05) is 0 Å². The average Bonchev–Trinajstić information content (AvgIpc) is 2.27. The van der Waals surface area contributed by atoms with E-state index in [9.17, 15) is 9.59 Å². The maximum atomic E-state index is 11.3. The molecular weight excluding hydrogens is 436 g/mol. The van der Waals surface area contributed by atoms with Crippen LogP contribution in [0.25, 0.3) is 0 Å². The number of alkyl halides is 3. The lowest BCUT2D eigenvalue weighted by Gasteiger charge is -2.40. The van der Waals surface area contributed by atoms with E-state index in [4.69, 9.17) is 9.47 Å². The lowest BCUT2D eigenvalue weighted by atomic mass is 9.95. The maximum absolute atomic E-state index is 11.3. The Balaban J connectivity index is 5.38. The monoisotopic (exact) mass is 446 g/mol. The van der Waals surface area contributed by atoms with E-state index in [0.29, 0.717) is 0 Å². The van der Waals surface area contributed by atoms with Crippen LogP contribution in [0, 0.1) is 5.41 Å². The molecule has 0 aromatic carbocycles. The summed E-state index contributed by atoms with van der Waals surface area (Å²) in [7, 11) is 0. The van der Waals surface area contributed by atoms with Gasteiger partial charge in [-0.1, -0.05) is 45.0 Å². The summed E-state index contributed by atoms with van der Waals surface area (Å²) in [5.74, 6) is -1.45. The predicted octanol–water partition coefficient (Wildman–Crippen LogP) is 3.64. The fourth-order valence-electron chi connectivity index (χ4n) is 0.756. The summed E-state index contributed by atoms with van der Waals surface area (Å²) in [6, 6.07) is 0. The summed E-state index contributed by atoms with van der Waals surface area (Å²) in [6.07, 6.45) is 1.95. The smallest absolute Gasteiger partial charge is 0.334 e. The van der Waals surface area contributed by atoms with Crippen molar-refractivity contribution in [3.05, 3.63) is 25.3 Å². The molecular formula is C11H13Br3O4. The van der Waals surface area contributed by atoms with Gasteiger partial charge in [-0.2, -0.15) is 0 Å². The number of carbonyl (C=O) groups is 2. The van der Waals surface area contributed by atoms with Gasteiger partial charge in [-0.3, -0.25) is 0 Å². The van der Waals surface area contributed by atoms with E-state index in [1.807, 2.05) is 0 Å². The molecule has 0 aromatic heterocycles. The molecule has 0 N–H and O–H groups in total. The highest BCUT2D eigenvalue weighted by molar-refractivity contribution is 9.24. The van der Waals surface area contributed by atoms with Gasteiger partial charge in [0.15, 0.2) is 0 Å². The molecule has 0 saturated heterocycles. The fraction of sp³-hybridized carbons (Fsp3) is 0.455. The minimum absolute atomic E-state index is 0.299. The van der Waals surface area contributed by atoms with Gasteiger partial charge in [-0.05, 0) is 13.8 Å². The minimum atomic E-state index is -1.66. The van der Waals surface area contributed by atoms with Gasteiger partial charge in [0.25, 0.3) is 0 Å². The standard InChI is InChI=1S/C11H13Br3O4/c1-5-7(15)17-11(14,18-8(16)6-2)10(3,4)9(12)13/h5-6,9H,1-2H2,3-4H3. The van der Waals surface area contributed by atoms with E-state index in [2.05, 4.69) is 60.9 Å². The largest absolute Gasteiger partial charge is 0.408 e. The van der Waals surface area contributed by atoms with Crippen LogP contribution in [0.4, 0.5) is 0 Å². The number of ether oxygens (including phenoxy) is 2. The van der Waals surface area contributed by atoms with Crippen molar-refractivity contribution < 1.29 is 19.1 Å². The summed E-state index contributed by atoms with van der Waals surface area (Å²) in [5.41, 5.74) is -0.815. The average molecular weight is 449 g/mol. The fourth-order valence-corrected chi connectivity index (χ4v) is 2.52. The highest BCUT2D eigenvalue weighted by Crippen LogP contribution is 2.48. The van der Waals surface area contributed by atoms with E-state index in [1.165, 1.54) is 0 Å². The summed E-state index contributed by atoms with van der Waals surface area (Å²) in [4.78, 5) is 22.7. The summed E-state index contributed by atoms with van der Waals surface area (Å²) in [5, 5.41) is 0. The lowest BCUT2D eigenvalue weighted by molar-refractivity contribution is -0.212. The van der Waals surface area contributed by atoms with Crippen LogP contribution < -0.4 is 0 Å². The van der Waals surface area contributed by atoms with Crippen molar-refractivity contribution in [3.63, 3.8) is 0 Å². The summed E-state index contributed by atoms with van der Waals surface area (Å²) >= 11 is 9.76. The van der Waals surface area contributed by atoms with Gasteiger partial charge in [0, 0.05) is 28.1 Å². The molecule has 18 heavy (non-hydrogen) atoms. The first kappa shape index (κ1) is 17.9. The first-order valence-electron chi connectivity index (χ1n) is 4.78. The Morgan fingerprint density at radius 3 is 1.67 bits per heavy atom. The molecule has 0 fully saturated rings. The molecule has 0 aliphatic rings. The lowest BCUT2D eigenvalue weighted by Crippen LogP contribution is -2.49. The van der Waals surface area contributed by atoms with Crippen LogP contribution in [0.1, 0.15) is 13.8 Å². The summed E-state index contributed by atoms with van der Waals surface area (Å²) in [6.45, 7) is 10.0. The summed E-state index contributed by atoms with van der Waals surface area (Å²) < 4.78 is 8.23. The molecule has 0 spiro atoms. The van der Waals surface area contributed by atoms with Crippen LogP contribution in [0.5, 0.6) is 0 Å². The van der Waals surface area contributed by atoms with E-state index in [-0.39, 0.29) is 3.74 Å². The van der Waals surface area contributed by atoms with Crippen LogP contribution in [0.3, 0.4) is 0 Å². The van der Waals surface area contributed by atoms with Crippen LogP contribution in [0.15, 0.2) is 25.3 Å². The number of hydrogen-bond donors (Lipinski definition) is 0. The zero-order chi connectivity index (χ0) is 14.6. The molecule has 0 heterocycles. The first-order chi connectivity index (χ1) is 8.10. The van der Waals surface area contributed by atoms with Crippen LogP contribution in [0.2, 0.25) is 0 Å². The molecule has 0 rings (SSSR count). The molecule has 0 unspecified atom stereocenters. The zero-order valence-electron chi connectivity index (χ0n) is 9.91. The van der Waals surface area contributed by atoms with Crippen molar-refractivity contribution in [1.29, 1.82) is 0 Å². The Kier molecular flexibility index (Phi) is 6.81. The van der Waals surface area contributed by atoms with Gasteiger partial charge in [-0.25, -0.2) is 9.59 Å². The quantitative estimate of drug-likeness (QED) is 0.269. The molecule has 0 aromatic rings. The highest BCUT2D eigenvalue weighted by atomic mass is 79.9. The first-order valence-corrected chi connectivity index (χ1v) is 7.41.